The molecular weight excluding hydrogens is 230 g/mol. The third kappa shape index (κ3) is 2.65. The summed E-state index contributed by atoms with van der Waals surface area (Å²) in [4.78, 5) is 13.7. The van der Waals surface area contributed by atoms with Gasteiger partial charge in [0.1, 0.15) is 6.04 Å². The smallest absolute Gasteiger partial charge is 0.237 e. The quantitative estimate of drug-likeness (QED) is 0.758. The van der Waals surface area contributed by atoms with Gasteiger partial charge in [0.25, 0.3) is 0 Å². The predicted molar refractivity (Wildman–Crippen MR) is 66.6 cm³/mol. The Hall–Kier alpha value is -1.12. The Morgan fingerprint density at radius 3 is 2.78 bits per heavy atom. The second-order valence-electron chi connectivity index (χ2n) is 5.37. The molecule has 1 heterocycles. The van der Waals surface area contributed by atoms with Crippen molar-refractivity contribution in [2.75, 3.05) is 19.7 Å². The van der Waals surface area contributed by atoms with Crippen molar-refractivity contribution in [1.82, 2.24) is 10.2 Å². The van der Waals surface area contributed by atoms with Crippen LogP contribution in [0.1, 0.15) is 38.5 Å². The zero-order valence-corrected chi connectivity index (χ0v) is 10.7. The fourth-order valence-corrected chi connectivity index (χ4v) is 3.01. The number of nitrogens with one attached hydrogen (secondary N) is 1. The first-order valence-electron chi connectivity index (χ1n) is 6.76. The number of aliphatic hydroxyl groups is 1. The number of aliphatic hydroxyl groups excluding tert-OH is 1. The molecule has 5 nitrogen and oxygen atoms in total. The van der Waals surface area contributed by atoms with Crippen molar-refractivity contribution in [3.05, 3.63) is 0 Å². The Morgan fingerprint density at radius 2 is 2.17 bits per heavy atom. The molecule has 1 amide bonds. The molecule has 1 aliphatic carbocycles. The second kappa shape index (κ2) is 5.68. The standard InChI is InChI=1S/C13H21N3O2/c14-8-11-4-3-7-16(11)12(18)9-15-13(10-17)5-1-2-6-13/h11,15,17H,1-7,9-10H2/t11-/m0/s1. The Morgan fingerprint density at radius 1 is 1.44 bits per heavy atom. The summed E-state index contributed by atoms with van der Waals surface area (Å²) in [6.45, 7) is 1.01. The first kappa shape index (κ1) is 13.3. The highest BCUT2D eigenvalue weighted by Gasteiger charge is 2.35. The van der Waals surface area contributed by atoms with Crippen LogP contribution in [-0.4, -0.2) is 47.2 Å². The number of carbonyl (C=O) groups excluding carboxylic acids is 1. The molecular formula is C13H21N3O2. The highest BCUT2D eigenvalue weighted by atomic mass is 16.3. The van der Waals surface area contributed by atoms with Gasteiger partial charge in [0, 0.05) is 12.1 Å². The van der Waals surface area contributed by atoms with Gasteiger partial charge in [-0.15, -0.1) is 0 Å². The van der Waals surface area contributed by atoms with Gasteiger partial charge in [0.15, 0.2) is 0 Å². The fourth-order valence-electron chi connectivity index (χ4n) is 3.01. The third-order valence-electron chi connectivity index (χ3n) is 4.20. The van der Waals surface area contributed by atoms with Gasteiger partial charge in [-0.1, -0.05) is 12.8 Å². The largest absolute Gasteiger partial charge is 0.394 e. The third-order valence-corrected chi connectivity index (χ3v) is 4.20. The molecule has 2 N–H and O–H groups in total. The molecule has 0 unspecified atom stereocenters. The summed E-state index contributed by atoms with van der Waals surface area (Å²) in [5.74, 6) is -0.0150. The maximum absolute atomic E-state index is 12.1. The van der Waals surface area contributed by atoms with Gasteiger partial charge in [-0.3, -0.25) is 4.79 Å². The Bertz CT molecular complexity index is 345. The number of amides is 1. The first-order chi connectivity index (χ1) is 8.71. The van der Waals surface area contributed by atoms with Crippen LogP contribution in [0, 0.1) is 11.3 Å². The summed E-state index contributed by atoms with van der Waals surface area (Å²) in [6, 6.07) is 1.92. The Labute approximate surface area is 108 Å². The predicted octanol–water partition coefficient (Wildman–Crippen LogP) is 0.396. The van der Waals surface area contributed by atoms with Crippen LogP contribution >= 0.6 is 0 Å². The van der Waals surface area contributed by atoms with Gasteiger partial charge < -0.3 is 15.3 Å². The lowest BCUT2D eigenvalue weighted by atomic mass is 9.99. The van der Waals surface area contributed by atoms with E-state index in [1.54, 1.807) is 4.90 Å². The minimum Gasteiger partial charge on any atom is -0.394 e. The molecule has 18 heavy (non-hydrogen) atoms. The van der Waals surface area contributed by atoms with E-state index in [0.29, 0.717) is 6.54 Å². The maximum Gasteiger partial charge on any atom is 0.237 e. The lowest BCUT2D eigenvalue weighted by Gasteiger charge is -2.29. The van der Waals surface area contributed by atoms with Gasteiger partial charge in [-0.25, -0.2) is 0 Å². The van der Waals surface area contributed by atoms with Gasteiger partial charge >= 0.3 is 0 Å². The average molecular weight is 251 g/mol. The van der Waals surface area contributed by atoms with E-state index in [0.717, 1.165) is 38.5 Å². The minimum atomic E-state index is -0.266. The maximum atomic E-state index is 12.1. The normalized spacial score (nSPS) is 26.2. The summed E-state index contributed by atoms with van der Waals surface area (Å²) < 4.78 is 0. The lowest BCUT2D eigenvalue weighted by Crippen LogP contribution is -2.51. The van der Waals surface area contributed by atoms with E-state index < -0.39 is 0 Å². The summed E-state index contributed by atoms with van der Waals surface area (Å²) in [7, 11) is 0. The van der Waals surface area contributed by atoms with Crippen LogP contribution in [-0.2, 0) is 4.79 Å². The summed E-state index contributed by atoms with van der Waals surface area (Å²) in [5.41, 5.74) is -0.266. The lowest BCUT2D eigenvalue weighted by molar-refractivity contribution is -0.130. The monoisotopic (exact) mass is 251 g/mol. The van der Waals surface area contributed by atoms with Crippen LogP contribution in [0.2, 0.25) is 0 Å². The molecule has 0 bridgehead atoms. The summed E-state index contributed by atoms with van der Waals surface area (Å²) >= 11 is 0. The summed E-state index contributed by atoms with van der Waals surface area (Å²) in [6.07, 6.45) is 5.76. The second-order valence-corrected chi connectivity index (χ2v) is 5.37. The number of hydrogen-bond acceptors (Lipinski definition) is 4. The molecule has 0 aromatic carbocycles. The molecule has 1 saturated carbocycles. The zero-order chi connectivity index (χ0) is 13.0. The van der Waals surface area contributed by atoms with Crippen molar-refractivity contribution >= 4 is 5.91 Å². The number of rotatable bonds is 4. The summed E-state index contributed by atoms with van der Waals surface area (Å²) in [5, 5.41) is 21.6. The molecule has 2 fully saturated rings. The van der Waals surface area contributed by atoms with Crippen molar-refractivity contribution in [2.45, 2.75) is 50.1 Å². The molecule has 0 spiro atoms. The molecule has 0 aromatic rings. The van der Waals surface area contributed by atoms with Gasteiger partial charge in [0.2, 0.25) is 5.91 Å². The van der Waals surface area contributed by atoms with Crippen molar-refractivity contribution in [3.63, 3.8) is 0 Å². The first-order valence-corrected chi connectivity index (χ1v) is 6.76. The van der Waals surface area contributed by atoms with E-state index in [9.17, 15) is 9.90 Å². The van der Waals surface area contributed by atoms with Gasteiger partial charge in [-0.2, -0.15) is 5.26 Å². The van der Waals surface area contributed by atoms with Crippen LogP contribution < -0.4 is 5.32 Å². The molecule has 2 rings (SSSR count). The molecule has 1 saturated heterocycles. The van der Waals surface area contributed by atoms with E-state index in [1.165, 1.54) is 0 Å². The van der Waals surface area contributed by atoms with Crippen LogP contribution in [0.5, 0.6) is 0 Å². The fraction of sp³-hybridized carbons (Fsp3) is 0.846. The molecule has 100 valence electrons. The van der Waals surface area contributed by atoms with Crippen LogP contribution in [0.15, 0.2) is 0 Å². The molecule has 0 radical (unpaired) electrons. The topological polar surface area (TPSA) is 76.4 Å². The molecule has 1 atom stereocenters. The van der Waals surface area contributed by atoms with Crippen LogP contribution in [0.25, 0.3) is 0 Å². The van der Waals surface area contributed by atoms with E-state index in [1.807, 2.05) is 0 Å². The SMILES string of the molecule is N#C[C@@H]1CCCN1C(=O)CNC1(CO)CCCC1. The number of nitriles is 1. The molecule has 2 aliphatic rings. The van der Waals surface area contributed by atoms with E-state index in [-0.39, 0.29) is 30.6 Å². The molecule has 0 aromatic heterocycles. The number of nitrogens with zero attached hydrogens (tertiary/aromatic N) is 2. The Balaban J connectivity index is 1.86. The number of likely N-dealkylation sites (tertiary alicyclic amines) is 1. The van der Waals surface area contributed by atoms with Crippen molar-refractivity contribution in [1.29, 1.82) is 5.26 Å². The van der Waals surface area contributed by atoms with Crippen molar-refractivity contribution in [2.24, 2.45) is 0 Å². The number of hydrogen-bond donors (Lipinski definition) is 2. The number of carbonyl (C=O) groups is 1. The highest BCUT2D eigenvalue weighted by molar-refractivity contribution is 5.79. The Kier molecular flexibility index (Phi) is 4.20. The van der Waals surface area contributed by atoms with Gasteiger partial charge in [0.05, 0.1) is 19.2 Å². The van der Waals surface area contributed by atoms with Crippen LogP contribution in [0.3, 0.4) is 0 Å². The highest BCUT2D eigenvalue weighted by Crippen LogP contribution is 2.29. The van der Waals surface area contributed by atoms with Crippen molar-refractivity contribution in [3.8, 4) is 6.07 Å². The van der Waals surface area contributed by atoms with Gasteiger partial charge in [-0.05, 0) is 25.7 Å². The van der Waals surface area contributed by atoms with Crippen molar-refractivity contribution < 1.29 is 9.90 Å². The van der Waals surface area contributed by atoms with E-state index >= 15 is 0 Å². The van der Waals surface area contributed by atoms with E-state index in [2.05, 4.69) is 11.4 Å². The van der Waals surface area contributed by atoms with Crippen LogP contribution in [0.4, 0.5) is 0 Å². The molecule has 1 aliphatic heterocycles. The minimum absolute atomic E-state index is 0.0150. The zero-order valence-electron chi connectivity index (χ0n) is 10.7. The van der Waals surface area contributed by atoms with E-state index in [4.69, 9.17) is 5.26 Å². The molecule has 5 heteroatoms. The average Bonchev–Trinajstić information content (AvgIpc) is 3.05.